The number of hydrogen-bond acceptors (Lipinski definition) is 2. The van der Waals surface area contributed by atoms with Gasteiger partial charge in [-0.15, -0.1) is 0 Å². The van der Waals surface area contributed by atoms with Crippen molar-refractivity contribution in [2.45, 2.75) is 27.7 Å². The Labute approximate surface area is 86.4 Å². The Kier molecular flexibility index (Phi) is 4.85. The van der Waals surface area contributed by atoms with Crippen molar-refractivity contribution in [1.29, 1.82) is 0 Å². The van der Waals surface area contributed by atoms with Crippen molar-refractivity contribution in [2.24, 2.45) is 5.41 Å². The summed E-state index contributed by atoms with van der Waals surface area (Å²) in [6, 6.07) is 0. The third kappa shape index (κ3) is 6.66. The molecule has 0 fully saturated rings. The minimum Gasteiger partial charge on any atom is -0.478 e. The van der Waals surface area contributed by atoms with Crippen LogP contribution < -0.4 is 0 Å². The zero-order valence-corrected chi connectivity index (χ0v) is 9.79. The summed E-state index contributed by atoms with van der Waals surface area (Å²) in [5.74, 6) is -0.839. The van der Waals surface area contributed by atoms with Gasteiger partial charge in [0, 0.05) is 18.7 Å². The second-order valence-electron chi connectivity index (χ2n) is 4.95. The number of nitrogens with zero attached hydrogens (tertiary/aromatic N) is 1. The van der Waals surface area contributed by atoms with Crippen LogP contribution in [0.5, 0.6) is 0 Å². The molecule has 0 aromatic rings. The van der Waals surface area contributed by atoms with Gasteiger partial charge in [0.1, 0.15) is 0 Å². The number of carbonyl (C=O) groups is 1. The summed E-state index contributed by atoms with van der Waals surface area (Å²) in [7, 11) is 2.00. The molecule has 0 spiro atoms. The van der Waals surface area contributed by atoms with E-state index in [1.807, 2.05) is 7.05 Å². The highest BCUT2D eigenvalue weighted by Gasteiger charge is 2.12. The van der Waals surface area contributed by atoms with E-state index in [0.717, 1.165) is 6.54 Å². The molecule has 0 aliphatic heterocycles. The molecule has 0 atom stereocenters. The maximum Gasteiger partial charge on any atom is 0.330 e. The molecule has 14 heavy (non-hydrogen) atoms. The first-order chi connectivity index (χ1) is 6.22. The second kappa shape index (κ2) is 5.15. The highest BCUT2D eigenvalue weighted by molar-refractivity contribution is 5.85. The topological polar surface area (TPSA) is 40.5 Å². The first kappa shape index (κ1) is 13.2. The summed E-state index contributed by atoms with van der Waals surface area (Å²) in [6.07, 6.45) is 1.74. The molecule has 82 valence electrons. The van der Waals surface area contributed by atoms with Gasteiger partial charge in [0.05, 0.1) is 0 Å². The average Bonchev–Trinajstić information content (AvgIpc) is 1.96. The predicted octanol–water partition coefficient (Wildman–Crippen LogP) is 2.00. The molecule has 0 unspecified atom stereocenters. The maximum atomic E-state index is 10.5. The van der Waals surface area contributed by atoms with Gasteiger partial charge in [-0.05, 0) is 19.4 Å². The molecule has 0 aromatic carbocycles. The van der Waals surface area contributed by atoms with Crippen LogP contribution in [0.25, 0.3) is 0 Å². The number of rotatable bonds is 4. The van der Waals surface area contributed by atoms with Gasteiger partial charge in [0.15, 0.2) is 0 Å². The summed E-state index contributed by atoms with van der Waals surface area (Å²) in [4.78, 5) is 12.6. The molecule has 0 aliphatic carbocycles. The standard InChI is InChI=1S/C11H21NO2/c1-9(10(13)14)6-7-12(5)8-11(2,3)4/h6H,7-8H2,1-5H3,(H,13,14). The van der Waals surface area contributed by atoms with Gasteiger partial charge in [-0.1, -0.05) is 26.8 Å². The summed E-state index contributed by atoms with van der Waals surface area (Å²) in [5, 5.41) is 8.64. The van der Waals surface area contributed by atoms with Crippen LogP contribution in [0.1, 0.15) is 27.7 Å². The molecule has 1 N–H and O–H groups in total. The normalized spacial score (nSPS) is 13.4. The monoisotopic (exact) mass is 199 g/mol. The Bertz CT molecular complexity index is 226. The van der Waals surface area contributed by atoms with Crippen LogP contribution in [0.4, 0.5) is 0 Å². The fourth-order valence-electron chi connectivity index (χ4n) is 1.25. The minimum atomic E-state index is -0.839. The Morgan fingerprint density at radius 2 is 1.93 bits per heavy atom. The first-order valence-corrected chi connectivity index (χ1v) is 4.81. The number of carboxylic acid groups (broad SMARTS) is 1. The van der Waals surface area contributed by atoms with Crippen LogP contribution in [0, 0.1) is 5.41 Å². The lowest BCUT2D eigenvalue weighted by Crippen LogP contribution is -2.29. The lowest BCUT2D eigenvalue weighted by atomic mass is 9.96. The molecule has 0 rings (SSSR count). The van der Waals surface area contributed by atoms with Crippen LogP contribution in [0.2, 0.25) is 0 Å². The molecule has 3 heteroatoms. The van der Waals surface area contributed by atoms with Gasteiger partial charge in [0.25, 0.3) is 0 Å². The van der Waals surface area contributed by atoms with Gasteiger partial charge < -0.3 is 10.0 Å². The number of carboxylic acids is 1. The zero-order chi connectivity index (χ0) is 11.4. The summed E-state index contributed by atoms with van der Waals surface area (Å²) in [6.45, 7) is 9.75. The van der Waals surface area contributed by atoms with E-state index in [4.69, 9.17) is 5.11 Å². The zero-order valence-electron chi connectivity index (χ0n) is 9.79. The molecule has 0 bridgehead atoms. The molecule has 0 heterocycles. The van der Waals surface area contributed by atoms with Crippen molar-refractivity contribution in [3.63, 3.8) is 0 Å². The van der Waals surface area contributed by atoms with Gasteiger partial charge in [0.2, 0.25) is 0 Å². The highest BCUT2D eigenvalue weighted by atomic mass is 16.4. The number of hydrogen-bond donors (Lipinski definition) is 1. The second-order valence-corrected chi connectivity index (χ2v) is 4.95. The van der Waals surface area contributed by atoms with Crippen molar-refractivity contribution in [2.75, 3.05) is 20.1 Å². The summed E-state index contributed by atoms with van der Waals surface area (Å²) < 4.78 is 0. The number of likely N-dealkylation sites (N-methyl/N-ethyl adjacent to an activating group) is 1. The summed E-state index contributed by atoms with van der Waals surface area (Å²) >= 11 is 0. The van der Waals surface area contributed by atoms with E-state index in [0.29, 0.717) is 12.1 Å². The Balaban J connectivity index is 4.03. The molecular weight excluding hydrogens is 178 g/mol. The van der Waals surface area contributed by atoms with E-state index in [1.54, 1.807) is 13.0 Å². The fourth-order valence-corrected chi connectivity index (χ4v) is 1.25. The Hall–Kier alpha value is -0.830. The van der Waals surface area contributed by atoms with Crippen LogP contribution in [0.15, 0.2) is 11.6 Å². The number of aliphatic carboxylic acids is 1. The van der Waals surface area contributed by atoms with Crippen LogP contribution >= 0.6 is 0 Å². The maximum absolute atomic E-state index is 10.5. The van der Waals surface area contributed by atoms with E-state index in [9.17, 15) is 4.79 Å². The highest BCUT2D eigenvalue weighted by Crippen LogP contribution is 2.13. The van der Waals surface area contributed by atoms with Crippen molar-refractivity contribution in [1.82, 2.24) is 4.90 Å². The van der Waals surface area contributed by atoms with Crippen LogP contribution in [-0.4, -0.2) is 36.1 Å². The molecule has 0 aromatic heterocycles. The van der Waals surface area contributed by atoms with Crippen molar-refractivity contribution >= 4 is 5.97 Å². The van der Waals surface area contributed by atoms with Gasteiger partial charge in [-0.2, -0.15) is 0 Å². The smallest absolute Gasteiger partial charge is 0.330 e. The fraction of sp³-hybridized carbons (Fsp3) is 0.727. The van der Waals surface area contributed by atoms with E-state index in [-0.39, 0.29) is 5.41 Å². The molecule has 0 saturated carbocycles. The molecular formula is C11H21NO2. The molecule has 0 aliphatic rings. The van der Waals surface area contributed by atoms with Crippen molar-refractivity contribution < 1.29 is 9.90 Å². The first-order valence-electron chi connectivity index (χ1n) is 4.81. The molecule has 0 radical (unpaired) electrons. The van der Waals surface area contributed by atoms with E-state index < -0.39 is 5.97 Å². The minimum absolute atomic E-state index is 0.250. The molecule has 0 amide bonds. The van der Waals surface area contributed by atoms with Crippen molar-refractivity contribution in [3.8, 4) is 0 Å². The largest absolute Gasteiger partial charge is 0.478 e. The molecule has 0 saturated heterocycles. The average molecular weight is 199 g/mol. The summed E-state index contributed by atoms with van der Waals surface area (Å²) in [5.41, 5.74) is 0.658. The molecule has 3 nitrogen and oxygen atoms in total. The van der Waals surface area contributed by atoms with Crippen molar-refractivity contribution in [3.05, 3.63) is 11.6 Å². The van der Waals surface area contributed by atoms with Crippen LogP contribution in [0.3, 0.4) is 0 Å². The lowest BCUT2D eigenvalue weighted by molar-refractivity contribution is -0.132. The van der Waals surface area contributed by atoms with Crippen LogP contribution in [-0.2, 0) is 4.79 Å². The Morgan fingerprint density at radius 3 is 2.29 bits per heavy atom. The van der Waals surface area contributed by atoms with E-state index >= 15 is 0 Å². The Morgan fingerprint density at radius 1 is 1.43 bits per heavy atom. The van der Waals surface area contributed by atoms with Gasteiger partial charge >= 0.3 is 5.97 Å². The third-order valence-corrected chi connectivity index (χ3v) is 1.79. The quantitative estimate of drug-likeness (QED) is 0.704. The predicted molar refractivity (Wildman–Crippen MR) is 58.3 cm³/mol. The van der Waals surface area contributed by atoms with Gasteiger partial charge in [-0.3, -0.25) is 0 Å². The SMILES string of the molecule is CC(=CCN(C)CC(C)(C)C)C(=O)O. The van der Waals surface area contributed by atoms with E-state index in [1.165, 1.54) is 0 Å². The van der Waals surface area contributed by atoms with E-state index in [2.05, 4.69) is 25.7 Å². The third-order valence-electron chi connectivity index (χ3n) is 1.79. The lowest BCUT2D eigenvalue weighted by Gasteiger charge is -2.25. The van der Waals surface area contributed by atoms with Gasteiger partial charge in [-0.25, -0.2) is 4.79 Å².